The Labute approximate surface area is 127 Å². The molecule has 0 spiro atoms. The minimum absolute atomic E-state index is 0.147. The van der Waals surface area contributed by atoms with Crippen LogP contribution >= 0.6 is 0 Å². The molecule has 3 atom stereocenters. The summed E-state index contributed by atoms with van der Waals surface area (Å²) < 4.78 is 38.6. The fourth-order valence-corrected chi connectivity index (χ4v) is 3.44. The Morgan fingerprint density at radius 2 is 1.76 bits per heavy atom. The number of halogens is 3. The van der Waals surface area contributed by atoms with Gasteiger partial charge in [-0.1, -0.05) is 27.2 Å². The Morgan fingerprint density at radius 1 is 1.19 bits per heavy atom. The van der Waals surface area contributed by atoms with Crippen LogP contribution in [0.15, 0.2) is 0 Å². The van der Waals surface area contributed by atoms with Crippen molar-refractivity contribution < 1.29 is 13.2 Å². The van der Waals surface area contributed by atoms with Crippen LogP contribution in [0.1, 0.15) is 60.3 Å². The van der Waals surface area contributed by atoms with Crippen LogP contribution in [0.2, 0.25) is 0 Å². The first-order valence-electron chi connectivity index (χ1n) is 8.06. The number of nitrogens with two attached hydrogens (primary N) is 1. The van der Waals surface area contributed by atoms with Crippen molar-refractivity contribution in [1.82, 2.24) is 4.90 Å². The zero-order valence-corrected chi connectivity index (χ0v) is 14.0. The van der Waals surface area contributed by atoms with Crippen molar-refractivity contribution in [2.45, 2.75) is 84.6 Å². The molecule has 0 aromatic heterocycles. The molecule has 3 unspecified atom stereocenters. The molecule has 1 aliphatic carbocycles. The topological polar surface area (TPSA) is 29.3 Å². The van der Waals surface area contributed by atoms with E-state index < -0.39 is 12.7 Å². The largest absolute Gasteiger partial charge is 0.401 e. The quantitative estimate of drug-likeness (QED) is 0.825. The molecule has 1 fully saturated rings. The van der Waals surface area contributed by atoms with E-state index in [1.165, 1.54) is 0 Å². The van der Waals surface area contributed by atoms with Crippen LogP contribution in [-0.2, 0) is 0 Å². The molecule has 2 nitrogen and oxygen atoms in total. The van der Waals surface area contributed by atoms with Gasteiger partial charge in [-0.15, -0.1) is 0 Å². The van der Waals surface area contributed by atoms with Crippen molar-refractivity contribution in [2.75, 3.05) is 6.54 Å². The van der Waals surface area contributed by atoms with Gasteiger partial charge in [-0.05, 0) is 44.4 Å². The molecule has 5 heteroatoms. The second kappa shape index (κ2) is 6.86. The molecule has 0 amide bonds. The standard InChI is InChI=1S/C16H31F3N2/c1-6-15(4,5)12-7-8-13(20)14(9-12)21(11(2)3)10-16(17,18)19/h11-14H,6-10,20H2,1-5H3. The summed E-state index contributed by atoms with van der Waals surface area (Å²) in [7, 11) is 0. The second-order valence-corrected chi connectivity index (χ2v) is 7.46. The molecule has 0 radical (unpaired) electrons. The van der Waals surface area contributed by atoms with Crippen molar-refractivity contribution in [3.05, 3.63) is 0 Å². The summed E-state index contributed by atoms with van der Waals surface area (Å²) in [5, 5.41) is 0. The van der Waals surface area contributed by atoms with Gasteiger partial charge in [-0.3, -0.25) is 4.90 Å². The minimum Gasteiger partial charge on any atom is -0.326 e. The van der Waals surface area contributed by atoms with Gasteiger partial charge in [0, 0.05) is 18.1 Å². The molecule has 2 N–H and O–H groups in total. The van der Waals surface area contributed by atoms with Gasteiger partial charge in [0.25, 0.3) is 0 Å². The molecular weight excluding hydrogens is 277 g/mol. The highest BCUT2D eigenvalue weighted by Gasteiger charge is 2.42. The molecule has 0 aromatic rings. The minimum atomic E-state index is -4.17. The number of hydrogen-bond acceptors (Lipinski definition) is 2. The van der Waals surface area contributed by atoms with Crippen LogP contribution in [0.4, 0.5) is 13.2 Å². The molecule has 126 valence electrons. The molecule has 1 aliphatic rings. The maximum absolute atomic E-state index is 12.9. The molecule has 0 aromatic carbocycles. The van der Waals surface area contributed by atoms with Crippen LogP contribution < -0.4 is 5.73 Å². The van der Waals surface area contributed by atoms with Gasteiger partial charge < -0.3 is 5.73 Å². The van der Waals surface area contributed by atoms with E-state index in [4.69, 9.17) is 5.73 Å². The van der Waals surface area contributed by atoms with E-state index in [1.54, 1.807) is 4.90 Å². The van der Waals surface area contributed by atoms with Gasteiger partial charge in [-0.25, -0.2) is 0 Å². The summed E-state index contributed by atoms with van der Waals surface area (Å²) in [4.78, 5) is 1.56. The Kier molecular flexibility index (Phi) is 6.13. The zero-order chi connectivity index (χ0) is 16.4. The van der Waals surface area contributed by atoms with E-state index >= 15 is 0 Å². The molecule has 1 saturated carbocycles. The first-order valence-corrected chi connectivity index (χ1v) is 8.06. The highest BCUT2D eigenvalue weighted by Crippen LogP contribution is 2.42. The fourth-order valence-electron chi connectivity index (χ4n) is 3.44. The van der Waals surface area contributed by atoms with Crippen molar-refractivity contribution in [3.8, 4) is 0 Å². The average molecular weight is 308 g/mol. The number of hydrogen-bond donors (Lipinski definition) is 1. The van der Waals surface area contributed by atoms with E-state index in [0.717, 1.165) is 25.7 Å². The molecule has 21 heavy (non-hydrogen) atoms. The third-order valence-electron chi connectivity index (χ3n) is 5.34. The summed E-state index contributed by atoms with van der Waals surface area (Å²) in [5.41, 5.74) is 6.34. The third kappa shape index (κ3) is 5.13. The Hall–Kier alpha value is -0.290. The summed E-state index contributed by atoms with van der Waals surface area (Å²) in [6.45, 7) is 9.38. The lowest BCUT2D eigenvalue weighted by Crippen LogP contribution is -2.57. The third-order valence-corrected chi connectivity index (χ3v) is 5.34. The highest BCUT2D eigenvalue weighted by molar-refractivity contribution is 4.94. The summed E-state index contributed by atoms with van der Waals surface area (Å²) in [5.74, 6) is 0.446. The molecule has 0 saturated heterocycles. The normalized spacial score (nSPS) is 28.4. The molecule has 1 rings (SSSR count). The molecule has 0 bridgehead atoms. The van der Waals surface area contributed by atoms with Crippen LogP contribution in [0.25, 0.3) is 0 Å². The molecule has 0 aliphatic heterocycles. The lowest BCUT2D eigenvalue weighted by atomic mass is 9.67. The van der Waals surface area contributed by atoms with E-state index in [-0.39, 0.29) is 23.5 Å². The van der Waals surface area contributed by atoms with Crippen molar-refractivity contribution in [3.63, 3.8) is 0 Å². The van der Waals surface area contributed by atoms with Crippen LogP contribution in [0.3, 0.4) is 0 Å². The van der Waals surface area contributed by atoms with Crippen LogP contribution in [-0.4, -0.2) is 35.7 Å². The highest BCUT2D eigenvalue weighted by atomic mass is 19.4. The summed E-state index contributed by atoms with van der Waals surface area (Å²) >= 11 is 0. The van der Waals surface area contributed by atoms with Gasteiger partial charge in [0.15, 0.2) is 0 Å². The lowest BCUT2D eigenvalue weighted by molar-refractivity contribution is -0.159. The van der Waals surface area contributed by atoms with Gasteiger partial charge in [0.2, 0.25) is 0 Å². The van der Waals surface area contributed by atoms with Gasteiger partial charge >= 0.3 is 6.18 Å². The summed E-state index contributed by atoms with van der Waals surface area (Å²) in [6.07, 6.45) is -0.510. The zero-order valence-electron chi connectivity index (χ0n) is 14.0. The van der Waals surface area contributed by atoms with Gasteiger partial charge in [0.1, 0.15) is 0 Å². The SMILES string of the molecule is CCC(C)(C)C1CCC(N)C(N(CC(F)(F)F)C(C)C)C1. The predicted octanol–water partition coefficient (Wildman–Crippen LogP) is 4.19. The predicted molar refractivity (Wildman–Crippen MR) is 81.1 cm³/mol. The lowest BCUT2D eigenvalue weighted by Gasteiger charge is -2.47. The number of rotatable bonds is 5. The maximum Gasteiger partial charge on any atom is 0.401 e. The Bertz CT molecular complexity index is 326. The van der Waals surface area contributed by atoms with Crippen molar-refractivity contribution in [2.24, 2.45) is 17.1 Å². The van der Waals surface area contributed by atoms with E-state index in [2.05, 4.69) is 20.8 Å². The molecular formula is C16H31F3N2. The first-order chi connectivity index (χ1) is 9.48. The number of nitrogens with zero attached hydrogens (tertiary/aromatic N) is 1. The second-order valence-electron chi connectivity index (χ2n) is 7.46. The van der Waals surface area contributed by atoms with E-state index in [1.807, 2.05) is 13.8 Å². The van der Waals surface area contributed by atoms with E-state index in [0.29, 0.717) is 5.92 Å². The van der Waals surface area contributed by atoms with Crippen molar-refractivity contribution in [1.29, 1.82) is 0 Å². The maximum atomic E-state index is 12.9. The molecule has 0 heterocycles. The first kappa shape index (κ1) is 18.8. The van der Waals surface area contributed by atoms with E-state index in [9.17, 15) is 13.2 Å². The average Bonchev–Trinajstić information content (AvgIpc) is 2.35. The fraction of sp³-hybridized carbons (Fsp3) is 1.00. The smallest absolute Gasteiger partial charge is 0.326 e. The monoisotopic (exact) mass is 308 g/mol. The van der Waals surface area contributed by atoms with Gasteiger partial charge in [-0.2, -0.15) is 13.2 Å². The van der Waals surface area contributed by atoms with Crippen LogP contribution in [0, 0.1) is 11.3 Å². The number of alkyl halides is 3. The van der Waals surface area contributed by atoms with Gasteiger partial charge in [0.05, 0.1) is 6.54 Å². The van der Waals surface area contributed by atoms with Crippen LogP contribution in [0.5, 0.6) is 0 Å². The summed E-state index contributed by atoms with van der Waals surface area (Å²) in [6, 6.07) is -0.471. The van der Waals surface area contributed by atoms with Crippen molar-refractivity contribution >= 4 is 0 Å². The Morgan fingerprint density at radius 3 is 2.19 bits per heavy atom. The Balaban J connectivity index is 2.89.